The van der Waals surface area contributed by atoms with Gasteiger partial charge in [0.15, 0.2) is 11.5 Å². The molecule has 2 N–H and O–H groups in total. The van der Waals surface area contributed by atoms with Crippen molar-refractivity contribution < 1.29 is 23.0 Å². The molecule has 0 fully saturated rings. The molecule has 0 spiro atoms. The first-order valence-electron chi connectivity index (χ1n) is 8.03. The van der Waals surface area contributed by atoms with Gasteiger partial charge in [0.05, 0.1) is 16.1 Å². The Morgan fingerprint density at radius 1 is 0.929 bits per heavy atom. The third-order valence-electron chi connectivity index (χ3n) is 4.32. The monoisotopic (exact) mass is 421 g/mol. The highest BCUT2D eigenvalue weighted by Crippen LogP contribution is 2.50. The van der Waals surface area contributed by atoms with Crippen LogP contribution in [0.1, 0.15) is 21.5 Å². The topological polar surface area (TPSA) is 61.6 Å². The van der Waals surface area contributed by atoms with Crippen molar-refractivity contribution in [2.75, 3.05) is 0 Å². The molecule has 0 saturated carbocycles. The highest BCUT2D eigenvalue weighted by atomic mass is 35.5. The van der Waals surface area contributed by atoms with E-state index in [0.29, 0.717) is 16.1 Å². The molecule has 28 heavy (non-hydrogen) atoms. The lowest BCUT2D eigenvalue weighted by atomic mass is 9.97. The molecule has 142 valence electrons. The van der Waals surface area contributed by atoms with Crippen LogP contribution in [-0.4, -0.2) is 5.91 Å². The van der Waals surface area contributed by atoms with Crippen LogP contribution in [0.5, 0.6) is 11.5 Å². The van der Waals surface area contributed by atoms with Gasteiger partial charge in [-0.2, -0.15) is 0 Å². The average molecular weight is 422 g/mol. The lowest BCUT2D eigenvalue weighted by Crippen LogP contribution is -2.37. The van der Waals surface area contributed by atoms with Crippen LogP contribution in [0.3, 0.4) is 0 Å². The Morgan fingerprint density at radius 3 is 2.18 bits per heavy atom. The summed E-state index contributed by atoms with van der Waals surface area (Å²) >= 11 is 12.4. The SMILES string of the molecule is NC(=O)c1cc2c(cc1F)OC(c1ccc(F)cc1)(c1ccc(Cl)cc1Cl)O2. The zero-order valence-corrected chi connectivity index (χ0v) is 15.5. The number of carbonyl (C=O) groups is 1. The quantitative estimate of drug-likeness (QED) is 0.643. The molecule has 3 aromatic rings. The van der Waals surface area contributed by atoms with Crippen molar-refractivity contribution in [2.24, 2.45) is 5.73 Å². The molecule has 0 saturated heterocycles. The van der Waals surface area contributed by atoms with Crippen LogP contribution in [-0.2, 0) is 5.79 Å². The molecule has 0 aromatic heterocycles. The maximum Gasteiger partial charge on any atom is 0.307 e. The second kappa shape index (κ2) is 6.65. The van der Waals surface area contributed by atoms with Gasteiger partial charge in [0.1, 0.15) is 11.6 Å². The van der Waals surface area contributed by atoms with Crippen LogP contribution in [0.25, 0.3) is 0 Å². The van der Waals surface area contributed by atoms with Crippen LogP contribution < -0.4 is 15.2 Å². The predicted molar refractivity (Wildman–Crippen MR) is 99.8 cm³/mol. The molecule has 1 amide bonds. The van der Waals surface area contributed by atoms with E-state index in [0.717, 1.165) is 12.1 Å². The van der Waals surface area contributed by atoms with E-state index in [2.05, 4.69) is 0 Å². The molecule has 1 heterocycles. The smallest absolute Gasteiger partial charge is 0.307 e. The van der Waals surface area contributed by atoms with Crippen LogP contribution in [0.4, 0.5) is 8.78 Å². The van der Waals surface area contributed by atoms with E-state index in [4.69, 9.17) is 38.4 Å². The summed E-state index contributed by atoms with van der Waals surface area (Å²) in [6, 6.07) is 12.2. The van der Waals surface area contributed by atoms with Gasteiger partial charge in [0.2, 0.25) is 0 Å². The minimum absolute atomic E-state index is 0.0397. The van der Waals surface area contributed by atoms with Gasteiger partial charge in [-0.3, -0.25) is 4.79 Å². The Kier molecular flexibility index (Phi) is 4.40. The molecule has 1 aliphatic heterocycles. The fourth-order valence-corrected chi connectivity index (χ4v) is 3.56. The third kappa shape index (κ3) is 2.95. The first-order chi connectivity index (χ1) is 13.3. The van der Waals surface area contributed by atoms with Crippen molar-refractivity contribution in [1.82, 2.24) is 0 Å². The highest BCUT2D eigenvalue weighted by Gasteiger charge is 2.47. The summed E-state index contributed by atoms with van der Waals surface area (Å²) in [5, 5.41) is 0.612. The molecule has 1 unspecified atom stereocenters. The average Bonchev–Trinajstić information content (AvgIpc) is 3.00. The zero-order chi connectivity index (χ0) is 20.1. The third-order valence-corrected chi connectivity index (χ3v) is 4.86. The number of amides is 1. The van der Waals surface area contributed by atoms with Gasteiger partial charge in [-0.15, -0.1) is 0 Å². The van der Waals surface area contributed by atoms with Crippen LogP contribution >= 0.6 is 23.2 Å². The molecule has 0 aliphatic carbocycles. The van der Waals surface area contributed by atoms with Crippen LogP contribution in [0.2, 0.25) is 10.0 Å². The highest BCUT2D eigenvalue weighted by molar-refractivity contribution is 6.35. The maximum atomic E-state index is 14.2. The second-order valence-electron chi connectivity index (χ2n) is 6.09. The Bertz CT molecular complexity index is 1110. The Balaban J connectivity index is 1.92. The molecule has 4 nitrogen and oxygen atoms in total. The minimum Gasteiger partial charge on any atom is -0.440 e. The van der Waals surface area contributed by atoms with Crippen molar-refractivity contribution in [3.63, 3.8) is 0 Å². The number of hydrogen-bond acceptors (Lipinski definition) is 3. The maximum absolute atomic E-state index is 14.2. The Labute approximate surface area is 168 Å². The summed E-state index contributed by atoms with van der Waals surface area (Å²) in [4.78, 5) is 11.5. The van der Waals surface area contributed by atoms with Gasteiger partial charge in [-0.05, 0) is 48.5 Å². The molecule has 8 heteroatoms. The molecule has 3 aromatic carbocycles. The van der Waals surface area contributed by atoms with E-state index < -0.39 is 23.3 Å². The minimum atomic E-state index is -1.64. The number of benzene rings is 3. The van der Waals surface area contributed by atoms with Crippen LogP contribution in [0.15, 0.2) is 54.6 Å². The van der Waals surface area contributed by atoms with E-state index in [1.807, 2.05) is 0 Å². The van der Waals surface area contributed by atoms with E-state index in [1.54, 1.807) is 12.1 Å². The van der Waals surface area contributed by atoms with E-state index >= 15 is 0 Å². The molecule has 1 atom stereocenters. The largest absolute Gasteiger partial charge is 0.440 e. The number of ether oxygens (including phenoxy) is 2. The fraction of sp³-hybridized carbons (Fsp3) is 0.0500. The molecular weight excluding hydrogens is 411 g/mol. The number of nitrogens with two attached hydrogens (primary N) is 1. The standard InChI is InChI=1S/C20H11Cl2F2NO3/c21-11-3-6-14(15(22)7-11)20(10-1-4-12(23)5-2-10)27-17-8-13(19(25)26)16(24)9-18(17)28-20/h1-9H,(H2,25,26). The number of primary amides is 1. The molecule has 0 radical (unpaired) electrons. The lowest BCUT2D eigenvalue weighted by Gasteiger charge is -2.29. The van der Waals surface area contributed by atoms with Gasteiger partial charge in [-0.25, -0.2) is 8.78 Å². The summed E-state index contributed by atoms with van der Waals surface area (Å²) in [7, 11) is 0. The summed E-state index contributed by atoms with van der Waals surface area (Å²) in [6.07, 6.45) is 0. The predicted octanol–water partition coefficient (Wildman–Crippen LogP) is 5.04. The lowest BCUT2D eigenvalue weighted by molar-refractivity contribution is -0.0459. The number of fused-ring (bicyclic) bond motifs is 1. The normalized spacial score (nSPS) is 17.6. The van der Waals surface area contributed by atoms with Gasteiger partial charge in [0.25, 0.3) is 5.91 Å². The molecule has 1 aliphatic rings. The van der Waals surface area contributed by atoms with Crippen molar-refractivity contribution in [3.8, 4) is 11.5 Å². The first kappa shape index (κ1) is 18.5. The number of halogens is 4. The second-order valence-corrected chi connectivity index (χ2v) is 6.94. The van der Waals surface area contributed by atoms with Gasteiger partial charge in [-0.1, -0.05) is 23.2 Å². The first-order valence-corrected chi connectivity index (χ1v) is 8.79. The molecule has 4 rings (SSSR count). The number of carbonyl (C=O) groups excluding carboxylic acids is 1. The fourth-order valence-electron chi connectivity index (χ4n) is 3.02. The van der Waals surface area contributed by atoms with Crippen LogP contribution in [0, 0.1) is 11.6 Å². The Morgan fingerprint density at radius 2 is 1.57 bits per heavy atom. The van der Waals surface area contributed by atoms with Crippen molar-refractivity contribution in [1.29, 1.82) is 0 Å². The van der Waals surface area contributed by atoms with E-state index in [-0.39, 0.29) is 22.1 Å². The van der Waals surface area contributed by atoms with Crippen molar-refractivity contribution >= 4 is 29.1 Å². The van der Waals surface area contributed by atoms with Crippen molar-refractivity contribution in [2.45, 2.75) is 5.79 Å². The van der Waals surface area contributed by atoms with E-state index in [9.17, 15) is 13.6 Å². The van der Waals surface area contributed by atoms with Gasteiger partial charge >= 0.3 is 5.79 Å². The molecule has 0 bridgehead atoms. The summed E-state index contributed by atoms with van der Waals surface area (Å²) in [5.74, 6) is -3.78. The number of rotatable bonds is 3. The van der Waals surface area contributed by atoms with Crippen molar-refractivity contribution in [3.05, 3.63) is 93.0 Å². The Hall–Kier alpha value is -2.83. The summed E-state index contributed by atoms with van der Waals surface area (Å²) in [6.45, 7) is 0. The van der Waals surface area contributed by atoms with E-state index in [1.165, 1.54) is 30.3 Å². The molecular formula is C20H11Cl2F2NO3. The van der Waals surface area contributed by atoms with Gasteiger partial charge < -0.3 is 15.2 Å². The summed E-state index contributed by atoms with van der Waals surface area (Å²) in [5.41, 5.74) is 5.62. The number of hydrogen-bond donors (Lipinski definition) is 1. The van der Waals surface area contributed by atoms with Gasteiger partial charge in [0, 0.05) is 16.7 Å². The summed E-state index contributed by atoms with van der Waals surface area (Å²) < 4.78 is 39.7. The zero-order valence-electron chi connectivity index (χ0n) is 14.0.